The molecule has 3 heterocycles. The van der Waals surface area contributed by atoms with Crippen molar-refractivity contribution >= 4 is 53.4 Å². The molecule has 3 aromatic heterocycles. The highest BCUT2D eigenvalue weighted by molar-refractivity contribution is 7.26. The molecular formula is C38H22N4OS. The summed E-state index contributed by atoms with van der Waals surface area (Å²) in [4.78, 5) is 20.2. The van der Waals surface area contributed by atoms with Crippen LogP contribution in [-0.2, 0) is 0 Å². The standard InChI is InChI=1S/C38H22N4OS/c1-3-12-24(13-4-1)35-40-36(27-20-19-23-11-7-8-16-26(23)21-27)42-37(41-35)29-22-30-33(39-38(43-30)25-14-5-2-6-15-25)32-28-17-9-10-18-31(28)44-34(29)32/h1-22H. The highest BCUT2D eigenvalue weighted by Crippen LogP contribution is 2.44. The maximum absolute atomic E-state index is 6.44. The van der Waals surface area contributed by atoms with E-state index in [2.05, 4.69) is 66.7 Å². The number of rotatable bonds is 4. The minimum absolute atomic E-state index is 0.590. The van der Waals surface area contributed by atoms with Gasteiger partial charge in [-0.15, -0.1) is 11.3 Å². The quantitative estimate of drug-likeness (QED) is 0.207. The van der Waals surface area contributed by atoms with E-state index in [1.54, 1.807) is 11.3 Å². The van der Waals surface area contributed by atoms with Gasteiger partial charge in [-0.2, -0.15) is 0 Å². The second-order valence-corrected chi connectivity index (χ2v) is 11.7. The van der Waals surface area contributed by atoms with Crippen molar-refractivity contribution in [1.82, 2.24) is 19.9 Å². The minimum Gasteiger partial charge on any atom is -0.436 e. The zero-order chi connectivity index (χ0) is 29.0. The Kier molecular flexibility index (Phi) is 5.61. The Morgan fingerprint density at radius 1 is 0.500 bits per heavy atom. The molecule has 5 nitrogen and oxygen atoms in total. The molecule has 44 heavy (non-hydrogen) atoms. The van der Waals surface area contributed by atoms with Crippen molar-refractivity contribution in [2.75, 3.05) is 0 Å². The summed E-state index contributed by atoms with van der Waals surface area (Å²) in [6.07, 6.45) is 0. The summed E-state index contributed by atoms with van der Waals surface area (Å²) < 4.78 is 8.69. The van der Waals surface area contributed by atoms with Crippen LogP contribution in [0, 0.1) is 0 Å². The number of benzene rings is 6. The molecule has 6 heteroatoms. The van der Waals surface area contributed by atoms with Gasteiger partial charge in [-0.05, 0) is 41.1 Å². The topological polar surface area (TPSA) is 64.7 Å². The summed E-state index contributed by atoms with van der Waals surface area (Å²) >= 11 is 1.73. The summed E-state index contributed by atoms with van der Waals surface area (Å²) in [6.45, 7) is 0. The average molecular weight is 583 g/mol. The molecule has 6 aromatic carbocycles. The molecule has 0 aliphatic rings. The largest absolute Gasteiger partial charge is 0.436 e. The second kappa shape index (κ2) is 9.93. The summed E-state index contributed by atoms with van der Waals surface area (Å²) in [5.41, 5.74) is 5.23. The van der Waals surface area contributed by atoms with Crippen LogP contribution in [-0.4, -0.2) is 19.9 Å². The summed E-state index contributed by atoms with van der Waals surface area (Å²) in [7, 11) is 0. The lowest BCUT2D eigenvalue weighted by Gasteiger charge is -2.10. The van der Waals surface area contributed by atoms with Crippen molar-refractivity contribution < 1.29 is 4.42 Å². The van der Waals surface area contributed by atoms with Gasteiger partial charge in [0.15, 0.2) is 23.1 Å². The van der Waals surface area contributed by atoms with Gasteiger partial charge < -0.3 is 4.42 Å². The fraction of sp³-hybridized carbons (Fsp3) is 0. The first-order chi connectivity index (χ1) is 21.8. The number of nitrogens with zero attached hydrogens (tertiary/aromatic N) is 4. The summed E-state index contributed by atoms with van der Waals surface area (Å²) in [5, 5.41) is 4.50. The zero-order valence-corrected chi connectivity index (χ0v) is 24.1. The molecular weight excluding hydrogens is 561 g/mol. The molecule has 0 unspecified atom stereocenters. The van der Waals surface area contributed by atoms with Gasteiger partial charge in [-0.3, -0.25) is 0 Å². The molecule has 9 rings (SSSR count). The van der Waals surface area contributed by atoms with E-state index in [0.717, 1.165) is 48.6 Å². The predicted molar refractivity (Wildman–Crippen MR) is 180 cm³/mol. The molecule has 0 aliphatic carbocycles. The third-order valence-electron chi connectivity index (χ3n) is 7.94. The van der Waals surface area contributed by atoms with E-state index >= 15 is 0 Å². The highest BCUT2D eigenvalue weighted by atomic mass is 32.1. The SMILES string of the molecule is c1ccc(-c2nc(-c3ccc4ccccc4c3)nc(-c3cc4oc(-c5ccccc5)nc4c4c3sc3ccccc34)n2)cc1. The fourth-order valence-corrected chi connectivity index (χ4v) is 7.03. The molecule has 0 spiro atoms. The number of hydrogen-bond donors (Lipinski definition) is 0. The lowest BCUT2D eigenvalue weighted by atomic mass is 10.1. The lowest BCUT2D eigenvalue weighted by Crippen LogP contribution is -2.00. The first kappa shape index (κ1) is 24.8. The van der Waals surface area contributed by atoms with Crippen molar-refractivity contribution in [3.05, 3.63) is 133 Å². The van der Waals surface area contributed by atoms with Gasteiger partial charge in [0.1, 0.15) is 5.52 Å². The third-order valence-corrected chi connectivity index (χ3v) is 9.15. The molecule has 0 atom stereocenters. The van der Waals surface area contributed by atoms with Crippen LogP contribution in [0.3, 0.4) is 0 Å². The smallest absolute Gasteiger partial charge is 0.227 e. The number of oxazole rings is 1. The maximum atomic E-state index is 6.44. The molecule has 0 saturated carbocycles. The molecule has 0 N–H and O–H groups in total. The van der Waals surface area contributed by atoms with E-state index in [4.69, 9.17) is 24.4 Å². The van der Waals surface area contributed by atoms with Crippen LogP contribution in [0.25, 0.3) is 87.7 Å². The van der Waals surface area contributed by atoms with Crippen molar-refractivity contribution in [1.29, 1.82) is 0 Å². The van der Waals surface area contributed by atoms with E-state index < -0.39 is 0 Å². The van der Waals surface area contributed by atoms with E-state index in [-0.39, 0.29) is 0 Å². The first-order valence-corrected chi connectivity index (χ1v) is 15.2. The van der Waals surface area contributed by atoms with Crippen molar-refractivity contribution in [2.45, 2.75) is 0 Å². The van der Waals surface area contributed by atoms with Gasteiger partial charge in [-0.25, -0.2) is 19.9 Å². The van der Waals surface area contributed by atoms with Gasteiger partial charge in [0.2, 0.25) is 5.89 Å². The Labute approximate surface area is 256 Å². The minimum atomic E-state index is 0.590. The van der Waals surface area contributed by atoms with E-state index in [9.17, 15) is 0 Å². The van der Waals surface area contributed by atoms with Crippen LogP contribution in [0.5, 0.6) is 0 Å². The summed E-state index contributed by atoms with van der Waals surface area (Å²) in [6, 6.07) is 45.2. The Morgan fingerprint density at radius 2 is 1.16 bits per heavy atom. The Bertz CT molecular complexity index is 2500. The van der Waals surface area contributed by atoms with Crippen LogP contribution in [0.15, 0.2) is 138 Å². The molecule has 0 amide bonds. The zero-order valence-electron chi connectivity index (χ0n) is 23.3. The average Bonchev–Trinajstić information content (AvgIpc) is 3.70. The normalized spacial score (nSPS) is 11.6. The van der Waals surface area contributed by atoms with Crippen LogP contribution >= 0.6 is 11.3 Å². The molecule has 0 radical (unpaired) electrons. The van der Waals surface area contributed by atoms with Crippen LogP contribution < -0.4 is 0 Å². The maximum Gasteiger partial charge on any atom is 0.227 e. The van der Waals surface area contributed by atoms with Crippen molar-refractivity contribution in [3.8, 4) is 45.6 Å². The van der Waals surface area contributed by atoms with Crippen molar-refractivity contribution in [2.24, 2.45) is 0 Å². The van der Waals surface area contributed by atoms with E-state index in [1.807, 2.05) is 66.7 Å². The molecule has 0 aliphatic heterocycles. The molecule has 206 valence electrons. The second-order valence-electron chi connectivity index (χ2n) is 10.7. The van der Waals surface area contributed by atoms with Crippen LogP contribution in [0.1, 0.15) is 0 Å². The number of hydrogen-bond acceptors (Lipinski definition) is 6. The highest BCUT2D eigenvalue weighted by Gasteiger charge is 2.22. The number of aromatic nitrogens is 4. The summed E-state index contributed by atoms with van der Waals surface area (Å²) in [5.74, 6) is 2.43. The lowest BCUT2D eigenvalue weighted by molar-refractivity contribution is 0.620. The predicted octanol–water partition coefficient (Wildman–Crippen LogP) is 10.2. The van der Waals surface area contributed by atoms with Gasteiger partial charge in [0.25, 0.3) is 0 Å². The van der Waals surface area contributed by atoms with Crippen LogP contribution in [0.4, 0.5) is 0 Å². The van der Waals surface area contributed by atoms with Crippen LogP contribution in [0.2, 0.25) is 0 Å². The van der Waals surface area contributed by atoms with Gasteiger partial charge >= 0.3 is 0 Å². The van der Waals surface area contributed by atoms with E-state index in [1.165, 1.54) is 10.1 Å². The van der Waals surface area contributed by atoms with Gasteiger partial charge in [0, 0.05) is 42.4 Å². The number of thiophene rings is 1. The Balaban J connectivity index is 1.34. The Hall–Kier alpha value is -5.72. The molecule has 0 saturated heterocycles. The molecule has 9 aromatic rings. The third kappa shape index (κ3) is 4.07. The number of fused-ring (bicyclic) bond motifs is 6. The van der Waals surface area contributed by atoms with Gasteiger partial charge in [0.05, 0.1) is 0 Å². The molecule has 0 fully saturated rings. The fourth-order valence-electron chi connectivity index (χ4n) is 5.82. The van der Waals surface area contributed by atoms with Crippen molar-refractivity contribution in [3.63, 3.8) is 0 Å². The van der Waals surface area contributed by atoms with Gasteiger partial charge in [-0.1, -0.05) is 103 Å². The molecule has 0 bridgehead atoms. The van der Waals surface area contributed by atoms with E-state index in [0.29, 0.717) is 28.9 Å². The Morgan fingerprint density at radius 3 is 1.98 bits per heavy atom. The first-order valence-electron chi connectivity index (χ1n) is 14.4. The monoisotopic (exact) mass is 582 g/mol.